The molecule has 0 saturated carbocycles. The molecular formula is C17H21BrN2OS. The van der Waals surface area contributed by atoms with Gasteiger partial charge in [0.1, 0.15) is 0 Å². The minimum atomic E-state index is 0. The fourth-order valence-electron chi connectivity index (χ4n) is 2.87. The van der Waals surface area contributed by atoms with Crippen LogP contribution in [-0.2, 0) is 19.4 Å². The molecule has 1 N–H and O–H groups in total. The molecule has 0 unspecified atom stereocenters. The lowest BCUT2D eigenvalue weighted by Crippen LogP contribution is -2.22. The summed E-state index contributed by atoms with van der Waals surface area (Å²) in [6.07, 6.45) is 5.70. The van der Waals surface area contributed by atoms with Crippen LogP contribution in [0.3, 0.4) is 0 Å². The normalized spacial score (nSPS) is 13.9. The molecule has 3 nitrogen and oxygen atoms in total. The summed E-state index contributed by atoms with van der Waals surface area (Å²) in [5.41, 5.74) is 3.12. The number of hydrogen-bond acceptors (Lipinski definition) is 3. The lowest BCUT2D eigenvalue weighted by Gasteiger charge is -2.08. The molecule has 0 aliphatic heterocycles. The number of Topliss-reactive ketones (excluding diaryl/α,β-unsaturated/α-hetero) is 1. The van der Waals surface area contributed by atoms with Crippen molar-refractivity contribution in [1.29, 1.82) is 5.41 Å². The first-order valence-corrected chi connectivity index (χ1v) is 8.32. The van der Waals surface area contributed by atoms with E-state index in [0.29, 0.717) is 11.3 Å². The van der Waals surface area contributed by atoms with Gasteiger partial charge in [-0.15, -0.1) is 28.3 Å². The number of carbonyl (C=O) groups is 1. The van der Waals surface area contributed by atoms with Crippen molar-refractivity contribution < 1.29 is 4.79 Å². The third-order valence-corrected chi connectivity index (χ3v) is 5.21. The van der Waals surface area contributed by atoms with E-state index in [0.717, 1.165) is 24.0 Å². The van der Waals surface area contributed by atoms with E-state index in [9.17, 15) is 4.79 Å². The van der Waals surface area contributed by atoms with Crippen molar-refractivity contribution in [1.82, 2.24) is 4.57 Å². The van der Waals surface area contributed by atoms with Crippen molar-refractivity contribution in [3.8, 4) is 0 Å². The van der Waals surface area contributed by atoms with Gasteiger partial charge in [-0.1, -0.05) is 36.2 Å². The number of aromatic nitrogens is 1. The van der Waals surface area contributed by atoms with Crippen molar-refractivity contribution in [2.45, 2.75) is 45.6 Å². The largest absolute Gasteiger partial charge is 0.313 e. The minimum absolute atomic E-state index is 0. The Hall–Kier alpha value is -1.20. The lowest BCUT2D eigenvalue weighted by molar-refractivity contribution is 0.0970. The number of thiazole rings is 1. The van der Waals surface area contributed by atoms with E-state index >= 15 is 0 Å². The maximum absolute atomic E-state index is 12.4. The van der Waals surface area contributed by atoms with Gasteiger partial charge in [0.05, 0.1) is 6.54 Å². The summed E-state index contributed by atoms with van der Waals surface area (Å²) in [6, 6.07) is 7.70. The third kappa shape index (κ3) is 3.58. The number of nitrogens with zero attached hydrogens (tertiary/aromatic N) is 1. The first-order chi connectivity index (χ1) is 10.1. The summed E-state index contributed by atoms with van der Waals surface area (Å²) in [5, 5.41) is 8.16. The van der Waals surface area contributed by atoms with Gasteiger partial charge in [0, 0.05) is 16.1 Å². The Kier molecular flexibility index (Phi) is 5.75. The number of ketones is 1. The predicted molar refractivity (Wildman–Crippen MR) is 95.3 cm³/mol. The van der Waals surface area contributed by atoms with Crippen LogP contribution in [0.5, 0.6) is 0 Å². The van der Waals surface area contributed by atoms with E-state index in [1.807, 2.05) is 35.8 Å². The maximum atomic E-state index is 12.4. The second-order valence-corrected chi connectivity index (χ2v) is 6.80. The molecule has 5 heteroatoms. The van der Waals surface area contributed by atoms with Crippen LogP contribution in [0.15, 0.2) is 24.3 Å². The number of hydrogen-bond donors (Lipinski definition) is 1. The summed E-state index contributed by atoms with van der Waals surface area (Å²) in [6.45, 7) is 2.32. The van der Waals surface area contributed by atoms with Crippen LogP contribution in [0.2, 0.25) is 0 Å². The van der Waals surface area contributed by atoms with E-state index in [1.54, 1.807) is 11.3 Å². The first-order valence-electron chi connectivity index (χ1n) is 7.51. The molecular weight excluding hydrogens is 360 g/mol. The Morgan fingerprint density at radius 3 is 2.59 bits per heavy atom. The van der Waals surface area contributed by atoms with E-state index in [1.165, 1.54) is 29.8 Å². The van der Waals surface area contributed by atoms with Gasteiger partial charge in [-0.3, -0.25) is 10.2 Å². The maximum Gasteiger partial charge on any atom is 0.182 e. The Morgan fingerprint density at radius 1 is 1.18 bits per heavy atom. The number of fused-ring (bicyclic) bond motifs is 1. The van der Waals surface area contributed by atoms with Crippen LogP contribution < -0.4 is 4.80 Å². The van der Waals surface area contributed by atoms with Gasteiger partial charge in [0.25, 0.3) is 0 Å². The highest BCUT2D eigenvalue weighted by atomic mass is 79.9. The second kappa shape index (κ2) is 7.38. The van der Waals surface area contributed by atoms with Crippen molar-refractivity contribution in [3.05, 3.63) is 50.8 Å². The molecule has 1 aromatic heterocycles. The van der Waals surface area contributed by atoms with Crippen molar-refractivity contribution in [3.63, 3.8) is 0 Å². The summed E-state index contributed by atoms with van der Waals surface area (Å²) in [5.74, 6) is 0.0957. The molecule has 2 aromatic rings. The molecule has 0 radical (unpaired) electrons. The van der Waals surface area contributed by atoms with Gasteiger partial charge >= 0.3 is 0 Å². The molecule has 0 atom stereocenters. The molecule has 0 fully saturated rings. The summed E-state index contributed by atoms with van der Waals surface area (Å²) in [7, 11) is 0. The van der Waals surface area contributed by atoms with Gasteiger partial charge in [0.15, 0.2) is 10.6 Å². The molecule has 3 rings (SSSR count). The standard InChI is InChI=1S/C17H20N2OS.BrH/c1-12-7-9-13(10-8-12)15(20)11-19-14-5-3-2-4-6-16(14)21-17(19)18;/h7-10,18H,2-6,11H2,1H3;1H. The van der Waals surface area contributed by atoms with Crippen molar-refractivity contribution >= 4 is 34.1 Å². The molecule has 0 amide bonds. The molecule has 0 spiro atoms. The number of halogens is 1. The van der Waals surface area contributed by atoms with Crippen LogP contribution in [-0.4, -0.2) is 10.4 Å². The molecule has 22 heavy (non-hydrogen) atoms. The van der Waals surface area contributed by atoms with Gasteiger partial charge in [-0.25, -0.2) is 0 Å². The molecule has 0 bridgehead atoms. The monoisotopic (exact) mass is 380 g/mol. The highest BCUT2D eigenvalue weighted by molar-refractivity contribution is 8.93. The minimum Gasteiger partial charge on any atom is -0.313 e. The summed E-state index contributed by atoms with van der Waals surface area (Å²) < 4.78 is 1.92. The Balaban J connectivity index is 0.00000176. The molecule has 1 heterocycles. The van der Waals surface area contributed by atoms with Crippen LogP contribution in [0, 0.1) is 12.3 Å². The van der Waals surface area contributed by atoms with E-state index in [2.05, 4.69) is 0 Å². The number of nitrogens with one attached hydrogen (secondary N) is 1. The summed E-state index contributed by atoms with van der Waals surface area (Å²) in [4.78, 5) is 14.3. The first kappa shape index (κ1) is 17.2. The van der Waals surface area contributed by atoms with E-state index < -0.39 is 0 Å². The predicted octanol–water partition coefficient (Wildman–Crippen LogP) is 4.07. The SMILES string of the molecule is Br.Cc1ccc(C(=O)Cn2c3c(sc2=N)CCCCC3)cc1. The zero-order chi connectivity index (χ0) is 14.8. The van der Waals surface area contributed by atoms with Crippen molar-refractivity contribution in [2.75, 3.05) is 0 Å². The highest BCUT2D eigenvalue weighted by Gasteiger charge is 2.17. The molecule has 1 aromatic carbocycles. The van der Waals surface area contributed by atoms with Crippen LogP contribution >= 0.6 is 28.3 Å². The topological polar surface area (TPSA) is 45.9 Å². The quantitative estimate of drug-likeness (QED) is 0.632. The zero-order valence-electron chi connectivity index (χ0n) is 12.7. The Bertz CT molecular complexity index is 715. The van der Waals surface area contributed by atoms with Crippen LogP contribution in [0.25, 0.3) is 0 Å². The molecule has 1 aliphatic carbocycles. The summed E-state index contributed by atoms with van der Waals surface area (Å²) >= 11 is 1.55. The second-order valence-electron chi connectivity index (χ2n) is 5.71. The highest BCUT2D eigenvalue weighted by Crippen LogP contribution is 2.23. The van der Waals surface area contributed by atoms with Crippen molar-refractivity contribution in [2.24, 2.45) is 0 Å². The third-order valence-electron chi connectivity index (χ3n) is 4.11. The number of carbonyl (C=O) groups excluding carboxylic acids is 1. The number of aryl methyl sites for hydroxylation is 2. The van der Waals surface area contributed by atoms with E-state index in [4.69, 9.17) is 5.41 Å². The van der Waals surface area contributed by atoms with Gasteiger partial charge in [0.2, 0.25) is 0 Å². The Morgan fingerprint density at radius 2 is 1.86 bits per heavy atom. The average molecular weight is 381 g/mol. The van der Waals surface area contributed by atoms with E-state index in [-0.39, 0.29) is 22.8 Å². The number of benzene rings is 1. The number of rotatable bonds is 3. The van der Waals surface area contributed by atoms with Gasteiger partial charge in [-0.05, 0) is 32.6 Å². The fraction of sp³-hybridized carbons (Fsp3) is 0.412. The molecule has 0 saturated heterocycles. The smallest absolute Gasteiger partial charge is 0.182 e. The Labute approximate surface area is 145 Å². The van der Waals surface area contributed by atoms with Crippen LogP contribution in [0.4, 0.5) is 0 Å². The lowest BCUT2D eigenvalue weighted by atomic mass is 10.1. The van der Waals surface area contributed by atoms with Gasteiger partial charge < -0.3 is 4.57 Å². The molecule has 118 valence electrons. The average Bonchev–Trinajstić information content (AvgIpc) is 2.65. The van der Waals surface area contributed by atoms with Crippen LogP contribution in [0.1, 0.15) is 45.8 Å². The zero-order valence-corrected chi connectivity index (χ0v) is 15.3. The fourth-order valence-corrected chi connectivity index (χ4v) is 3.96. The van der Waals surface area contributed by atoms with Gasteiger partial charge in [-0.2, -0.15) is 0 Å². The molecule has 1 aliphatic rings.